The summed E-state index contributed by atoms with van der Waals surface area (Å²) in [6, 6.07) is 0. The summed E-state index contributed by atoms with van der Waals surface area (Å²) in [7, 11) is 0. The van der Waals surface area contributed by atoms with Gasteiger partial charge in [-0.05, 0) is 0 Å². The minimum atomic E-state index is -2.48. The maximum absolute atomic E-state index is 12.7. The Bertz CT molecular complexity index is 166. The van der Waals surface area contributed by atoms with E-state index in [1.165, 1.54) is 0 Å². The van der Waals surface area contributed by atoms with E-state index in [1.54, 1.807) is 0 Å². The van der Waals surface area contributed by atoms with Gasteiger partial charge in [-0.1, -0.05) is 27.7 Å². The fourth-order valence-electron chi connectivity index (χ4n) is 1.52. The Morgan fingerprint density at radius 1 is 1.13 bits per heavy atom. The first-order valence-corrected chi connectivity index (χ1v) is 5.83. The highest BCUT2D eigenvalue weighted by Gasteiger charge is 2.71. The Balaban J connectivity index is 0.000000442. The van der Waals surface area contributed by atoms with Gasteiger partial charge in [-0.3, -0.25) is 0 Å². The van der Waals surface area contributed by atoms with E-state index in [0.29, 0.717) is 19.7 Å². The molecule has 1 aliphatic carbocycles. The Hall–Kier alpha value is -0.220. The van der Waals surface area contributed by atoms with E-state index >= 15 is 0 Å². The van der Waals surface area contributed by atoms with E-state index < -0.39 is 11.3 Å². The molecule has 2 aliphatic rings. The summed E-state index contributed by atoms with van der Waals surface area (Å²) in [6.45, 7) is 9.86. The van der Waals surface area contributed by atoms with Crippen LogP contribution in [0.15, 0.2) is 0 Å². The quantitative estimate of drug-likeness (QED) is 0.681. The zero-order valence-corrected chi connectivity index (χ0v) is 10.2. The van der Waals surface area contributed by atoms with E-state index in [4.69, 9.17) is 4.74 Å². The summed E-state index contributed by atoms with van der Waals surface area (Å²) in [5.41, 5.74) is -0.858. The lowest BCUT2D eigenvalue weighted by atomic mass is 10.1. The van der Waals surface area contributed by atoms with Crippen molar-refractivity contribution in [2.24, 2.45) is 5.41 Å². The van der Waals surface area contributed by atoms with Gasteiger partial charge in [-0.15, -0.1) is 0 Å². The molecule has 2 nitrogen and oxygen atoms in total. The first-order chi connectivity index (χ1) is 7.16. The second-order valence-electron chi connectivity index (χ2n) is 3.39. The highest BCUT2D eigenvalue weighted by Crippen LogP contribution is 2.60. The number of halogens is 2. The fraction of sp³-hybridized carbons (Fsp3) is 1.00. The van der Waals surface area contributed by atoms with E-state index in [2.05, 4.69) is 5.32 Å². The molecule has 4 heteroatoms. The van der Waals surface area contributed by atoms with Gasteiger partial charge in [0.25, 0.3) is 5.92 Å². The van der Waals surface area contributed by atoms with Crippen molar-refractivity contribution in [3.63, 3.8) is 0 Å². The van der Waals surface area contributed by atoms with Crippen molar-refractivity contribution in [3.05, 3.63) is 0 Å². The maximum atomic E-state index is 12.7. The maximum Gasteiger partial charge on any atom is 0.258 e. The third-order valence-corrected chi connectivity index (χ3v) is 2.48. The molecule has 15 heavy (non-hydrogen) atoms. The first-order valence-electron chi connectivity index (χ1n) is 5.83. The molecule has 2 fully saturated rings. The van der Waals surface area contributed by atoms with Gasteiger partial charge < -0.3 is 10.1 Å². The van der Waals surface area contributed by atoms with Gasteiger partial charge in [0.05, 0.1) is 18.6 Å². The Morgan fingerprint density at radius 2 is 1.67 bits per heavy atom. The summed E-state index contributed by atoms with van der Waals surface area (Å²) >= 11 is 0. The average molecular weight is 223 g/mol. The van der Waals surface area contributed by atoms with Crippen LogP contribution in [0, 0.1) is 5.41 Å². The highest BCUT2D eigenvalue weighted by atomic mass is 19.3. The predicted octanol–water partition coefficient (Wildman–Crippen LogP) is 2.68. The highest BCUT2D eigenvalue weighted by molar-refractivity contribution is 5.11. The Kier molecular flexibility index (Phi) is 6.29. The number of ether oxygens (including phenoxy) is 1. The van der Waals surface area contributed by atoms with Crippen LogP contribution in [0.2, 0.25) is 0 Å². The number of rotatable bonds is 0. The third-order valence-electron chi connectivity index (χ3n) is 2.48. The van der Waals surface area contributed by atoms with Crippen molar-refractivity contribution in [2.75, 3.05) is 26.3 Å². The Labute approximate surface area is 91.4 Å². The smallest absolute Gasteiger partial charge is 0.258 e. The zero-order chi connectivity index (χ0) is 11.9. The molecular formula is C11H23F2NO. The van der Waals surface area contributed by atoms with Gasteiger partial charge in [0.2, 0.25) is 0 Å². The number of hydrogen-bond donors (Lipinski definition) is 1. The van der Waals surface area contributed by atoms with Crippen molar-refractivity contribution >= 4 is 0 Å². The topological polar surface area (TPSA) is 21.3 Å². The molecule has 2 rings (SSSR count). The minimum absolute atomic E-state index is 0.00694. The second-order valence-corrected chi connectivity index (χ2v) is 3.39. The van der Waals surface area contributed by atoms with Gasteiger partial charge in [-0.2, -0.15) is 0 Å². The average Bonchev–Trinajstić information content (AvgIpc) is 2.89. The molecule has 1 atom stereocenters. The molecule has 1 N–H and O–H groups in total. The monoisotopic (exact) mass is 223 g/mol. The minimum Gasteiger partial charge on any atom is -0.379 e. The lowest BCUT2D eigenvalue weighted by molar-refractivity contribution is 0.0231. The van der Waals surface area contributed by atoms with Crippen LogP contribution >= 0.6 is 0 Å². The van der Waals surface area contributed by atoms with Crippen LogP contribution in [0.1, 0.15) is 34.1 Å². The Morgan fingerprint density at radius 3 is 2.13 bits per heavy atom. The second kappa shape index (κ2) is 6.38. The third kappa shape index (κ3) is 3.38. The van der Waals surface area contributed by atoms with E-state index in [0.717, 1.165) is 0 Å². The van der Waals surface area contributed by atoms with Crippen molar-refractivity contribution in [1.29, 1.82) is 0 Å². The van der Waals surface area contributed by atoms with Crippen molar-refractivity contribution in [3.8, 4) is 0 Å². The predicted molar refractivity (Wildman–Crippen MR) is 58.4 cm³/mol. The lowest BCUT2D eigenvalue weighted by Gasteiger charge is -2.11. The molecule has 0 radical (unpaired) electrons. The van der Waals surface area contributed by atoms with Gasteiger partial charge in [0, 0.05) is 19.5 Å². The molecule has 0 aromatic heterocycles. The van der Waals surface area contributed by atoms with Crippen LogP contribution in [0.25, 0.3) is 0 Å². The number of alkyl halides is 2. The van der Waals surface area contributed by atoms with E-state index in [-0.39, 0.29) is 13.0 Å². The van der Waals surface area contributed by atoms with Crippen molar-refractivity contribution < 1.29 is 13.5 Å². The van der Waals surface area contributed by atoms with Gasteiger partial charge >= 0.3 is 0 Å². The number of hydrogen-bond acceptors (Lipinski definition) is 2. The molecule has 1 saturated heterocycles. The van der Waals surface area contributed by atoms with Crippen LogP contribution in [0.5, 0.6) is 0 Å². The van der Waals surface area contributed by atoms with Crippen LogP contribution in [-0.4, -0.2) is 32.2 Å². The van der Waals surface area contributed by atoms with Crippen LogP contribution in [0.3, 0.4) is 0 Å². The van der Waals surface area contributed by atoms with E-state index in [9.17, 15) is 8.78 Å². The molecule has 1 saturated carbocycles. The molecule has 1 aliphatic heterocycles. The molecule has 1 unspecified atom stereocenters. The molecular weight excluding hydrogens is 200 g/mol. The van der Waals surface area contributed by atoms with Gasteiger partial charge in [-0.25, -0.2) is 8.78 Å². The molecule has 0 bridgehead atoms. The summed E-state index contributed by atoms with van der Waals surface area (Å²) in [4.78, 5) is 0. The molecule has 0 aromatic carbocycles. The van der Waals surface area contributed by atoms with Crippen molar-refractivity contribution in [1.82, 2.24) is 5.32 Å². The normalized spacial score (nSPS) is 31.6. The summed E-state index contributed by atoms with van der Waals surface area (Å²) in [5, 5.41) is 2.95. The summed E-state index contributed by atoms with van der Waals surface area (Å²) in [6.07, 6.45) is -0.00694. The first kappa shape index (κ1) is 14.8. The molecule has 1 heterocycles. The molecule has 92 valence electrons. The van der Waals surface area contributed by atoms with E-state index in [1.807, 2.05) is 27.7 Å². The summed E-state index contributed by atoms with van der Waals surface area (Å²) < 4.78 is 30.5. The van der Waals surface area contributed by atoms with Gasteiger partial charge in [0.1, 0.15) is 0 Å². The number of nitrogens with one attached hydrogen (secondary N) is 1. The van der Waals surface area contributed by atoms with Crippen molar-refractivity contribution in [2.45, 2.75) is 40.0 Å². The van der Waals surface area contributed by atoms with Crippen LogP contribution in [-0.2, 0) is 4.74 Å². The largest absolute Gasteiger partial charge is 0.379 e. The van der Waals surface area contributed by atoms with Crippen LogP contribution < -0.4 is 5.32 Å². The molecule has 0 aromatic rings. The zero-order valence-electron chi connectivity index (χ0n) is 10.2. The van der Waals surface area contributed by atoms with Crippen LogP contribution in [0.4, 0.5) is 8.78 Å². The molecule has 1 spiro atoms. The standard InChI is InChI=1S/C7H11F2NO.2C2H6/c8-7(9)3-6(7)4-10-1-2-11-5-6;2*1-2/h10H,1-5H2;2*1-2H3. The molecule has 0 amide bonds. The SMILES string of the molecule is CC.CC.FC1(F)CC12CNCCOC2. The lowest BCUT2D eigenvalue weighted by Crippen LogP contribution is -2.28. The summed E-state index contributed by atoms with van der Waals surface area (Å²) in [5.74, 6) is -2.48. The van der Waals surface area contributed by atoms with Gasteiger partial charge in [0.15, 0.2) is 0 Å². The fourth-order valence-corrected chi connectivity index (χ4v) is 1.52.